The molecule has 0 amide bonds. The molecule has 1 aliphatic heterocycles. The molecule has 1 saturated heterocycles. The zero-order valence-electron chi connectivity index (χ0n) is 10.1. The van der Waals surface area contributed by atoms with E-state index in [0.717, 1.165) is 38.8 Å². The number of rotatable bonds is 7. The molecule has 0 spiro atoms. The van der Waals surface area contributed by atoms with E-state index in [-0.39, 0.29) is 0 Å². The van der Waals surface area contributed by atoms with Crippen molar-refractivity contribution >= 4 is 0 Å². The SMILES string of the molecule is CCCCCCCC(F)C1CCNCC1. The smallest absolute Gasteiger partial charge is 0.103 e. The van der Waals surface area contributed by atoms with Gasteiger partial charge in [0.1, 0.15) is 6.17 Å². The lowest BCUT2D eigenvalue weighted by atomic mass is 9.90. The van der Waals surface area contributed by atoms with Crippen LogP contribution in [0.5, 0.6) is 0 Å². The summed E-state index contributed by atoms with van der Waals surface area (Å²) >= 11 is 0. The van der Waals surface area contributed by atoms with Crippen LogP contribution in [0.15, 0.2) is 0 Å². The molecule has 1 atom stereocenters. The Balaban J connectivity index is 1.99. The topological polar surface area (TPSA) is 12.0 Å². The lowest BCUT2D eigenvalue weighted by molar-refractivity contribution is 0.173. The van der Waals surface area contributed by atoms with Crippen LogP contribution in [0.2, 0.25) is 0 Å². The minimum Gasteiger partial charge on any atom is -0.317 e. The van der Waals surface area contributed by atoms with Crippen molar-refractivity contribution in [3.63, 3.8) is 0 Å². The summed E-state index contributed by atoms with van der Waals surface area (Å²) in [6.45, 7) is 4.24. The van der Waals surface area contributed by atoms with Crippen molar-refractivity contribution in [3.8, 4) is 0 Å². The molecule has 2 heteroatoms. The average Bonchev–Trinajstić information content (AvgIpc) is 2.30. The van der Waals surface area contributed by atoms with Gasteiger partial charge in [-0.05, 0) is 38.3 Å². The number of hydrogen-bond acceptors (Lipinski definition) is 1. The van der Waals surface area contributed by atoms with Gasteiger partial charge in [0.25, 0.3) is 0 Å². The van der Waals surface area contributed by atoms with Gasteiger partial charge in [-0.1, -0.05) is 39.0 Å². The first-order valence-electron chi connectivity index (χ1n) is 6.69. The third kappa shape index (κ3) is 5.50. The Labute approximate surface area is 93.8 Å². The lowest BCUT2D eigenvalue weighted by Crippen LogP contribution is -2.32. The molecule has 1 fully saturated rings. The van der Waals surface area contributed by atoms with Crippen LogP contribution in [0.4, 0.5) is 4.39 Å². The maximum Gasteiger partial charge on any atom is 0.103 e. The van der Waals surface area contributed by atoms with Crippen LogP contribution in [0, 0.1) is 5.92 Å². The second-order valence-corrected chi connectivity index (χ2v) is 4.81. The minimum atomic E-state index is -0.534. The Hall–Kier alpha value is -0.110. The Morgan fingerprint density at radius 1 is 1.13 bits per heavy atom. The molecule has 1 heterocycles. The van der Waals surface area contributed by atoms with E-state index in [1.807, 2.05) is 0 Å². The predicted molar refractivity (Wildman–Crippen MR) is 63.9 cm³/mol. The molecule has 1 unspecified atom stereocenters. The van der Waals surface area contributed by atoms with Crippen molar-refractivity contribution in [1.29, 1.82) is 0 Å². The van der Waals surface area contributed by atoms with Gasteiger partial charge in [-0.3, -0.25) is 0 Å². The first kappa shape index (κ1) is 13.0. The number of piperidine rings is 1. The molecule has 1 nitrogen and oxygen atoms in total. The second-order valence-electron chi connectivity index (χ2n) is 4.81. The van der Waals surface area contributed by atoms with Crippen molar-refractivity contribution in [2.45, 2.75) is 64.5 Å². The molecule has 1 rings (SSSR count). The molecule has 90 valence electrons. The van der Waals surface area contributed by atoms with Crippen LogP contribution < -0.4 is 5.32 Å². The first-order valence-corrected chi connectivity index (χ1v) is 6.69. The molecule has 0 aliphatic carbocycles. The van der Waals surface area contributed by atoms with E-state index in [1.54, 1.807) is 0 Å². The molecular weight excluding hydrogens is 189 g/mol. The third-order valence-corrected chi connectivity index (χ3v) is 3.48. The summed E-state index contributed by atoms with van der Waals surface area (Å²) in [5, 5.41) is 3.29. The van der Waals surface area contributed by atoms with Crippen LogP contribution in [0.1, 0.15) is 58.3 Å². The summed E-state index contributed by atoms with van der Waals surface area (Å²) in [5.74, 6) is 0.345. The molecule has 0 radical (unpaired) electrons. The zero-order chi connectivity index (χ0) is 10.9. The number of nitrogens with one attached hydrogen (secondary N) is 1. The Morgan fingerprint density at radius 3 is 2.47 bits per heavy atom. The Bertz CT molecular complexity index is 143. The normalized spacial score (nSPS) is 20.4. The zero-order valence-corrected chi connectivity index (χ0v) is 10.1. The summed E-state index contributed by atoms with van der Waals surface area (Å²) in [7, 11) is 0. The van der Waals surface area contributed by atoms with Gasteiger partial charge in [-0.15, -0.1) is 0 Å². The molecule has 15 heavy (non-hydrogen) atoms. The van der Waals surface area contributed by atoms with E-state index in [2.05, 4.69) is 12.2 Å². The van der Waals surface area contributed by atoms with Crippen LogP contribution in [-0.4, -0.2) is 19.3 Å². The van der Waals surface area contributed by atoms with Crippen molar-refractivity contribution in [1.82, 2.24) is 5.32 Å². The highest BCUT2D eigenvalue weighted by Crippen LogP contribution is 2.23. The summed E-state index contributed by atoms with van der Waals surface area (Å²) < 4.78 is 13.8. The fourth-order valence-electron chi connectivity index (χ4n) is 2.38. The highest BCUT2D eigenvalue weighted by atomic mass is 19.1. The highest BCUT2D eigenvalue weighted by Gasteiger charge is 2.22. The molecule has 0 aromatic rings. The molecule has 0 bridgehead atoms. The van der Waals surface area contributed by atoms with E-state index in [0.29, 0.717) is 5.92 Å². The van der Waals surface area contributed by atoms with Crippen LogP contribution in [-0.2, 0) is 0 Å². The lowest BCUT2D eigenvalue weighted by Gasteiger charge is -2.25. The molecule has 1 aliphatic rings. The number of halogens is 1. The predicted octanol–water partition coefficient (Wildman–Crippen LogP) is 3.68. The van der Waals surface area contributed by atoms with Crippen LogP contribution in [0.3, 0.4) is 0 Å². The fraction of sp³-hybridized carbons (Fsp3) is 1.00. The van der Waals surface area contributed by atoms with E-state index >= 15 is 0 Å². The Morgan fingerprint density at radius 2 is 1.80 bits per heavy atom. The van der Waals surface area contributed by atoms with Gasteiger partial charge in [0.05, 0.1) is 0 Å². The molecule has 0 aromatic carbocycles. The summed E-state index contributed by atoms with van der Waals surface area (Å²) in [5.41, 5.74) is 0. The summed E-state index contributed by atoms with van der Waals surface area (Å²) in [6, 6.07) is 0. The maximum atomic E-state index is 13.8. The van der Waals surface area contributed by atoms with Crippen molar-refractivity contribution in [2.75, 3.05) is 13.1 Å². The molecule has 0 aromatic heterocycles. The minimum absolute atomic E-state index is 0.345. The largest absolute Gasteiger partial charge is 0.317 e. The monoisotopic (exact) mass is 215 g/mol. The second kappa shape index (κ2) is 8.09. The van der Waals surface area contributed by atoms with E-state index in [9.17, 15) is 4.39 Å². The summed E-state index contributed by atoms with van der Waals surface area (Å²) in [6.07, 6.45) is 8.52. The van der Waals surface area contributed by atoms with Gasteiger partial charge in [-0.25, -0.2) is 4.39 Å². The molecule has 1 N–H and O–H groups in total. The highest BCUT2D eigenvalue weighted by molar-refractivity contribution is 4.75. The number of hydrogen-bond donors (Lipinski definition) is 1. The van der Waals surface area contributed by atoms with Crippen LogP contribution >= 0.6 is 0 Å². The van der Waals surface area contributed by atoms with Crippen LogP contribution in [0.25, 0.3) is 0 Å². The van der Waals surface area contributed by atoms with Gasteiger partial charge in [0.2, 0.25) is 0 Å². The van der Waals surface area contributed by atoms with Gasteiger partial charge in [-0.2, -0.15) is 0 Å². The fourth-order valence-corrected chi connectivity index (χ4v) is 2.38. The first-order chi connectivity index (χ1) is 7.34. The summed E-state index contributed by atoms with van der Waals surface area (Å²) in [4.78, 5) is 0. The van der Waals surface area contributed by atoms with Gasteiger partial charge >= 0.3 is 0 Å². The van der Waals surface area contributed by atoms with Gasteiger partial charge in [0, 0.05) is 0 Å². The average molecular weight is 215 g/mol. The maximum absolute atomic E-state index is 13.8. The quantitative estimate of drug-likeness (QED) is 0.639. The van der Waals surface area contributed by atoms with Crippen molar-refractivity contribution in [3.05, 3.63) is 0 Å². The third-order valence-electron chi connectivity index (χ3n) is 3.48. The van der Waals surface area contributed by atoms with Gasteiger partial charge in [0.15, 0.2) is 0 Å². The number of unbranched alkanes of at least 4 members (excludes halogenated alkanes) is 4. The standard InChI is InChI=1S/C13H26FN/c1-2-3-4-5-6-7-13(14)12-8-10-15-11-9-12/h12-13,15H,2-11H2,1H3. The molecular formula is C13H26FN. The molecule has 0 saturated carbocycles. The van der Waals surface area contributed by atoms with E-state index in [4.69, 9.17) is 0 Å². The van der Waals surface area contributed by atoms with Crippen molar-refractivity contribution < 1.29 is 4.39 Å². The van der Waals surface area contributed by atoms with E-state index < -0.39 is 6.17 Å². The Kier molecular flexibility index (Phi) is 6.99. The van der Waals surface area contributed by atoms with Gasteiger partial charge < -0.3 is 5.32 Å². The van der Waals surface area contributed by atoms with Crippen molar-refractivity contribution in [2.24, 2.45) is 5.92 Å². The van der Waals surface area contributed by atoms with E-state index in [1.165, 1.54) is 25.7 Å². The number of alkyl halides is 1.